The van der Waals surface area contributed by atoms with Crippen LogP contribution in [0.2, 0.25) is 0 Å². The van der Waals surface area contributed by atoms with Crippen LogP contribution in [0.3, 0.4) is 0 Å². The zero-order valence-electron chi connectivity index (χ0n) is 24.1. The molecule has 0 bridgehead atoms. The SMILES string of the molecule is CCOC(=O)[C@H](Cc1ccccc1)NC(=O)CNC(=O)N[C@H]1[C@H](OC)O[C@H](COC(C)=O)[C@@H](OC(C)=O)[C@@H]1OC(C)=O. The van der Waals surface area contributed by atoms with Gasteiger partial charge in [-0.3, -0.25) is 19.2 Å². The van der Waals surface area contributed by atoms with Crippen molar-refractivity contribution < 1.29 is 57.2 Å². The number of carbonyl (C=O) groups excluding carboxylic acids is 6. The van der Waals surface area contributed by atoms with Crippen molar-refractivity contribution in [3.63, 3.8) is 0 Å². The van der Waals surface area contributed by atoms with E-state index >= 15 is 0 Å². The molecule has 1 heterocycles. The van der Waals surface area contributed by atoms with Gasteiger partial charge < -0.3 is 44.4 Å². The predicted molar refractivity (Wildman–Crippen MR) is 142 cm³/mol. The third-order valence-corrected chi connectivity index (χ3v) is 5.83. The second kappa shape index (κ2) is 16.9. The molecular weight excluding hydrogens is 558 g/mol. The van der Waals surface area contributed by atoms with E-state index in [0.717, 1.165) is 19.4 Å². The zero-order chi connectivity index (χ0) is 31.2. The zero-order valence-corrected chi connectivity index (χ0v) is 24.1. The van der Waals surface area contributed by atoms with Gasteiger partial charge in [-0.2, -0.15) is 0 Å². The molecule has 0 saturated carbocycles. The van der Waals surface area contributed by atoms with Crippen LogP contribution in [0.1, 0.15) is 33.3 Å². The number of benzene rings is 1. The lowest BCUT2D eigenvalue weighted by atomic mass is 9.96. The van der Waals surface area contributed by atoms with Crippen molar-refractivity contribution >= 4 is 35.8 Å². The molecule has 1 aliphatic rings. The second-order valence-electron chi connectivity index (χ2n) is 9.14. The largest absolute Gasteiger partial charge is 0.464 e. The van der Waals surface area contributed by atoms with Gasteiger partial charge in [0, 0.05) is 34.3 Å². The molecule has 232 valence electrons. The summed E-state index contributed by atoms with van der Waals surface area (Å²) < 4.78 is 31.8. The summed E-state index contributed by atoms with van der Waals surface area (Å²) in [4.78, 5) is 73.0. The Morgan fingerprint density at radius 3 is 2.12 bits per heavy atom. The van der Waals surface area contributed by atoms with Crippen LogP contribution in [0.4, 0.5) is 4.79 Å². The molecule has 2 rings (SSSR count). The quantitative estimate of drug-likeness (QED) is 0.200. The number of hydrogen-bond donors (Lipinski definition) is 3. The summed E-state index contributed by atoms with van der Waals surface area (Å²) in [5, 5.41) is 7.41. The van der Waals surface area contributed by atoms with E-state index in [-0.39, 0.29) is 19.6 Å². The van der Waals surface area contributed by atoms with Crippen molar-refractivity contribution in [3.8, 4) is 0 Å². The molecule has 0 spiro atoms. The molecule has 0 aromatic heterocycles. The number of rotatable bonds is 13. The third kappa shape index (κ3) is 11.0. The van der Waals surface area contributed by atoms with Crippen LogP contribution < -0.4 is 16.0 Å². The summed E-state index contributed by atoms with van der Waals surface area (Å²) in [7, 11) is 1.26. The summed E-state index contributed by atoms with van der Waals surface area (Å²) in [6, 6.07) is 5.86. The standard InChI is InChI=1S/C27H37N3O12/c1-6-38-25(35)19(12-18-10-8-7-9-11-18)29-21(34)13-28-27(36)30-22-24(41-17(4)33)23(40-16(3)32)20(14-39-15(2)31)42-26(22)37-5/h7-11,19-20,22-24,26H,6,12-14H2,1-5H3,(H,29,34)(H2,28,30,36)/t19-,20+,22+,23+,24+,26+/m0/s1. The van der Waals surface area contributed by atoms with Crippen LogP contribution >= 0.6 is 0 Å². The Morgan fingerprint density at radius 1 is 0.905 bits per heavy atom. The van der Waals surface area contributed by atoms with Crippen molar-refractivity contribution in [2.24, 2.45) is 0 Å². The van der Waals surface area contributed by atoms with Crippen LogP contribution in [0.5, 0.6) is 0 Å². The van der Waals surface area contributed by atoms with E-state index in [0.29, 0.717) is 0 Å². The van der Waals surface area contributed by atoms with E-state index in [1.807, 2.05) is 6.07 Å². The van der Waals surface area contributed by atoms with E-state index in [2.05, 4.69) is 16.0 Å². The van der Waals surface area contributed by atoms with Gasteiger partial charge in [0.15, 0.2) is 18.5 Å². The number of carbonyl (C=O) groups is 6. The average molecular weight is 596 g/mol. The van der Waals surface area contributed by atoms with Gasteiger partial charge in [-0.25, -0.2) is 9.59 Å². The summed E-state index contributed by atoms with van der Waals surface area (Å²) in [5.41, 5.74) is 0.787. The molecule has 3 amide bonds. The van der Waals surface area contributed by atoms with Gasteiger partial charge in [-0.1, -0.05) is 30.3 Å². The minimum atomic E-state index is -1.33. The number of esters is 4. The predicted octanol–water partition coefficient (Wildman–Crippen LogP) is -0.257. The maximum absolute atomic E-state index is 12.8. The molecule has 0 unspecified atom stereocenters. The Morgan fingerprint density at radius 2 is 1.55 bits per heavy atom. The molecular formula is C27H37N3O12. The first-order valence-corrected chi connectivity index (χ1v) is 13.1. The highest BCUT2D eigenvalue weighted by molar-refractivity contribution is 5.88. The maximum Gasteiger partial charge on any atom is 0.328 e. The highest BCUT2D eigenvalue weighted by Gasteiger charge is 2.51. The van der Waals surface area contributed by atoms with E-state index in [1.54, 1.807) is 31.2 Å². The summed E-state index contributed by atoms with van der Waals surface area (Å²) in [5.74, 6) is -3.47. The van der Waals surface area contributed by atoms with Crippen molar-refractivity contribution in [1.29, 1.82) is 0 Å². The number of methoxy groups -OCH3 is 1. The Kier molecular flexibility index (Phi) is 13.7. The van der Waals surface area contributed by atoms with Crippen molar-refractivity contribution in [2.75, 3.05) is 26.9 Å². The first-order valence-electron chi connectivity index (χ1n) is 13.1. The monoisotopic (exact) mass is 595 g/mol. The Balaban J connectivity index is 2.12. The van der Waals surface area contributed by atoms with Gasteiger partial charge in [-0.05, 0) is 12.5 Å². The van der Waals surface area contributed by atoms with Crippen molar-refractivity contribution in [3.05, 3.63) is 35.9 Å². The number of hydrogen-bond acceptors (Lipinski definition) is 12. The molecule has 0 radical (unpaired) electrons. The molecule has 1 aromatic carbocycles. The lowest BCUT2D eigenvalue weighted by Crippen LogP contribution is -2.67. The van der Waals surface area contributed by atoms with Crippen LogP contribution in [-0.4, -0.2) is 99.4 Å². The normalized spacial score (nSPS) is 22.1. The van der Waals surface area contributed by atoms with Crippen molar-refractivity contribution in [2.45, 2.75) is 70.8 Å². The Hall–Kier alpha value is -4.24. The van der Waals surface area contributed by atoms with Gasteiger partial charge in [0.2, 0.25) is 5.91 Å². The molecule has 3 N–H and O–H groups in total. The van der Waals surface area contributed by atoms with Gasteiger partial charge in [0.25, 0.3) is 0 Å². The van der Waals surface area contributed by atoms with Crippen LogP contribution in [0.15, 0.2) is 30.3 Å². The highest BCUT2D eigenvalue weighted by atomic mass is 16.7. The van der Waals surface area contributed by atoms with E-state index < -0.39 is 79.0 Å². The Labute approximate surface area is 242 Å². The van der Waals surface area contributed by atoms with Gasteiger partial charge in [0.05, 0.1) is 13.2 Å². The first-order chi connectivity index (χ1) is 19.9. The van der Waals surface area contributed by atoms with Crippen LogP contribution in [0, 0.1) is 0 Å². The number of amides is 3. The number of ether oxygens (including phenoxy) is 6. The smallest absolute Gasteiger partial charge is 0.328 e. The molecule has 15 heteroatoms. The minimum absolute atomic E-state index is 0.115. The van der Waals surface area contributed by atoms with Gasteiger partial charge >= 0.3 is 29.9 Å². The van der Waals surface area contributed by atoms with Gasteiger partial charge in [0.1, 0.15) is 24.8 Å². The lowest BCUT2D eigenvalue weighted by molar-refractivity contribution is -0.270. The topological polar surface area (TPSA) is 194 Å². The summed E-state index contributed by atoms with van der Waals surface area (Å²) >= 11 is 0. The average Bonchev–Trinajstić information content (AvgIpc) is 2.92. The Bertz CT molecular complexity index is 1100. The molecule has 1 aromatic rings. The van der Waals surface area contributed by atoms with Crippen LogP contribution in [-0.2, 0) is 58.8 Å². The van der Waals surface area contributed by atoms with E-state index in [4.69, 9.17) is 28.4 Å². The first kappa shape index (κ1) is 34.0. The fourth-order valence-corrected chi connectivity index (χ4v) is 4.15. The van der Waals surface area contributed by atoms with E-state index in [9.17, 15) is 28.8 Å². The fourth-order valence-electron chi connectivity index (χ4n) is 4.15. The number of urea groups is 1. The fraction of sp³-hybridized carbons (Fsp3) is 0.556. The van der Waals surface area contributed by atoms with Gasteiger partial charge in [-0.15, -0.1) is 0 Å². The molecule has 1 fully saturated rings. The van der Waals surface area contributed by atoms with Crippen molar-refractivity contribution in [1.82, 2.24) is 16.0 Å². The second-order valence-corrected chi connectivity index (χ2v) is 9.14. The molecule has 0 aliphatic carbocycles. The summed E-state index contributed by atoms with van der Waals surface area (Å²) in [6.45, 7) is 4.25. The number of nitrogens with one attached hydrogen (secondary N) is 3. The molecule has 6 atom stereocenters. The van der Waals surface area contributed by atoms with Crippen LogP contribution in [0.25, 0.3) is 0 Å². The maximum atomic E-state index is 12.8. The third-order valence-electron chi connectivity index (χ3n) is 5.83. The highest BCUT2D eigenvalue weighted by Crippen LogP contribution is 2.27. The lowest BCUT2D eigenvalue weighted by Gasteiger charge is -2.44. The molecule has 1 saturated heterocycles. The minimum Gasteiger partial charge on any atom is -0.464 e. The molecule has 1 aliphatic heterocycles. The molecule has 15 nitrogen and oxygen atoms in total. The van der Waals surface area contributed by atoms with E-state index in [1.165, 1.54) is 14.0 Å². The summed E-state index contributed by atoms with van der Waals surface area (Å²) in [6.07, 6.45) is -4.81. The molecule has 42 heavy (non-hydrogen) atoms.